The third-order valence-electron chi connectivity index (χ3n) is 2.74. The predicted molar refractivity (Wildman–Crippen MR) is 69.9 cm³/mol. The molecule has 1 amide bonds. The third-order valence-corrected chi connectivity index (χ3v) is 2.74. The fraction of sp³-hybridized carbons (Fsp3) is 0.917. The van der Waals surface area contributed by atoms with Crippen LogP contribution in [0.3, 0.4) is 0 Å². The Bertz CT molecular complexity index is 200. The van der Waals surface area contributed by atoms with Crippen LogP contribution in [0.2, 0.25) is 0 Å². The Balaban J connectivity index is 4.27. The van der Waals surface area contributed by atoms with E-state index >= 15 is 0 Å². The molecule has 0 saturated carbocycles. The number of ether oxygens (including phenoxy) is 1. The smallest absolute Gasteiger partial charge is 0.234 e. The lowest BCUT2D eigenvalue weighted by atomic mass is 10.1. The molecule has 0 bridgehead atoms. The van der Waals surface area contributed by atoms with Gasteiger partial charge in [0.2, 0.25) is 5.91 Å². The molecule has 0 saturated heterocycles. The average Bonchev–Trinajstić information content (AvgIpc) is 2.32. The maximum atomic E-state index is 11.6. The maximum absolute atomic E-state index is 11.6. The Morgan fingerprint density at radius 3 is 2.65 bits per heavy atom. The van der Waals surface area contributed by atoms with Gasteiger partial charge in [-0.05, 0) is 32.9 Å². The van der Waals surface area contributed by atoms with Gasteiger partial charge in [-0.2, -0.15) is 0 Å². The van der Waals surface area contributed by atoms with Crippen LogP contribution < -0.4 is 11.1 Å². The Morgan fingerprint density at radius 2 is 2.18 bits per heavy atom. The van der Waals surface area contributed by atoms with E-state index in [1.165, 1.54) is 0 Å². The molecule has 0 aliphatic heterocycles. The first-order valence-corrected chi connectivity index (χ1v) is 6.39. The van der Waals surface area contributed by atoms with Gasteiger partial charge >= 0.3 is 0 Å². The van der Waals surface area contributed by atoms with Crippen molar-refractivity contribution in [1.29, 1.82) is 0 Å². The molecule has 0 aromatic rings. The van der Waals surface area contributed by atoms with Gasteiger partial charge in [-0.25, -0.2) is 0 Å². The Hall–Kier alpha value is -0.650. The molecule has 0 heterocycles. The van der Waals surface area contributed by atoms with Crippen molar-refractivity contribution in [2.24, 2.45) is 5.73 Å². The lowest BCUT2D eigenvalue weighted by Gasteiger charge is -2.29. The molecule has 0 aliphatic carbocycles. The van der Waals surface area contributed by atoms with Crippen molar-refractivity contribution in [3.63, 3.8) is 0 Å². The molecule has 5 nitrogen and oxygen atoms in total. The predicted octanol–water partition coefficient (Wildman–Crippen LogP) is 0.198. The maximum Gasteiger partial charge on any atom is 0.234 e. The zero-order valence-electron chi connectivity index (χ0n) is 11.4. The average molecular weight is 245 g/mol. The first-order valence-electron chi connectivity index (χ1n) is 6.39. The molecule has 17 heavy (non-hydrogen) atoms. The van der Waals surface area contributed by atoms with Crippen molar-refractivity contribution >= 4 is 5.91 Å². The number of methoxy groups -OCH3 is 1. The summed E-state index contributed by atoms with van der Waals surface area (Å²) in [6, 6.07) is 0.274. The van der Waals surface area contributed by atoms with Crippen LogP contribution in [-0.2, 0) is 9.53 Å². The van der Waals surface area contributed by atoms with Crippen LogP contribution in [0.15, 0.2) is 0 Å². The van der Waals surface area contributed by atoms with Crippen LogP contribution in [0.5, 0.6) is 0 Å². The standard InChI is InChI=1S/C12H27N3O2/c1-4-14-12(16)9-15(5-2)11(10-17-3)7-6-8-13/h11H,4-10,13H2,1-3H3,(H,14,16). The van der Waals surface area contributed by atoms with Gasteiger partial charge in [0.05, 0.1) is 13.2 Å². The van der Waals surface area contributed by atoms with E-state index in [9.17, 15) is 4.79 Å². The normalized spacial score (nSPS) is 12.8. The fourth-order valence-corrected chi connectivity index (χ4v) is 1.85. The lowest BCUT2D eigenvalue weighted by Crippen LogP contribution is -2.45. The largest absolute Gasteiger partial charge is 0.383 e. The number of likely N-dealkylation sites (N-methyl/N-ethyl adjacent to an activating group) is 2. The minimum absolute atomic E-state index is 0.0724. The summed E-state index contributed by atoms with van der Waals surface area (Å²) in [7, 11) is 1.69. The first-order chi connectivity index (χ1) is 8.19. The summed E-state index contributed by atoms with van der Waals surface area (Å²) in [5, 5.41) is 2.82. The van der Waals surface area contributed by atoms with Crippen LogP contribution in [0, 0.1) is 0 Å². The molecule has 0 aromatic heterocycles. The molecule has 102 valence electrons. The molecule has 0 rings (SSSR count). The zero-order chi connectivity index (χ0) is 13.1. The first kappa shape index (κ1) is 16.4. The van der Waals surface area contributed by atoms with Gasteiger partial charge in [0, 0.05) is 19.7 Å². The van der Waals surface area contributed by atoms with E-state index in [-0.39, 0.29) is 11.9 Å². The second-order valence-electron chi connectivity index (χ2n) is 4.06. The van der Waals surface area contributed by atoms with Gasteiger partial charge in [0.25, 0.3) is 0 Å². The number of nitrogens with two attached hydrogens (primary N) is 1. The summed E-state index contributed by atoms with van der Waals surface area (Å²) >= 11 is 0. The molecule has 1 unspecified atom stereocenters. The number of nitrogens with zero attached hydrogens (tertiary/aromatic N) is 1. The van der Waals surface area contributed by atoms with Crippen molar-refractivity contribution in [3.8, 4) is 0 Å². The molecule has 3 N–H and O–H groups in total. The van der Waals surface area contributed by atoms with Gasteiger partial charge in [0.15, 0.2) is 0 Å². The number of carbonyl (C=O) groups excluding carboxylic acids is 1. The SMILES string of the molecule is CCNC(=O)CN(CC)C(CCCN)COC. The van der Waals surface area contributed by atoms with Gasteiger partial charge in [-0.1, -0.05) is 6.92 Å². The summed E-state index contributed by atoms with van der Waals surface area (Å²) in [6.45, 7) is 7.26. The number of hydrogen-bond acceptors (Lipinski definition) is 4. The highest BCUT2D eigenvalue weighted by Crippen LogP contribution is 2.07. The van der Waals surface area contributed by atoms with Crippen LogP contribution >= 0.6 is 0 Å². The van der Waals surface area contributed by atoms with Crippen molar-refractivity contribution < 1.29 is 9.53 Å². The second kappa shape index (κ2) is 10.5. The summed E-state index contributed by atoms with van der Waals surface area (Å²) < 4.78 is 5.21. The van der Waals surface area contributed by atoms with E-state index in [0.717, 1.165) is 19.4 Å². The molecular formula is C12H27N3O2. The highest BCUT2D eigenvalue weighted by atomic mass is 16.5. The van der Waals surface area contributed by atoms with Crippen molar-refractivity contribution in [3.05, 3.63) is 0 Å². The third kappa shape index (κ3) is 7.31. The fourth-order valence-electron chi connectivity index (χ4n) is 1.85. The summed E-state index contributed by atoms with van der Waals surface area (Å²) in [5.74, 6) is 0.0724. The van der Waals surface area contributed by atoms with Crippen molar-refractivity contribution in [2.45, 2.75) is 32.7 Å². The van der Waals surface area contributed by atoms with E-state index in [0.29, 0.717) is 26.2 Å². The van der Waals surface area contributed by atoms with E-state index in [1.54, 1.807) is 7.11 Å². The van der Waals surface area contributed by atoms with E-state index < -0.39 is 0 Å². The highest BCUT2D eigenvalue weighted by molar-refractivity contribution is 5.77. The number of amides is 1. The Kier molecular flexibility index (Phi) is 10.1. The van der Waals surface area contributed by atoms with E-state index in [1.807, 2.05) is 6.92 Å². The van der Waals surface area contributed by atoms with Gasteiger partial charge in [-0.3, -0.25) is 9.69 Å². The molecule has 0 aliphatic rings. The summed E-state index contributed by atoms with van der Waals surface area (Å²) in [5.41, 5.74) is 5.52. The summed E-state index contributed by atoms with van der Waals surface area (Å²) in [4.78, 5) is 13.7. The van der Waals surface area contributed by atoms with Crippen molar-refractivity contribution in [1.82, 2.24) is 10.2 Å². The van der Waals surface area contributed by atoms with E-state index in [4.69, 9.17) is 10.5 Å². The van der Waals surface area contributed by atoms with E-state index in [2.05, 4.69) is 17.1 Å². The molecule has 5 heteroatoms. The molecule has 0 radical (unpaired) electrons. The topological polar surface area (TPSA) is 67.6 Å². The Labute approximate surface area is 105 Å². The second-order valence-corrected chi connectivity index (χ2v) is 4.06. The minimum atomic E-state index is 0.0724. The molecule has 1 atom stereocenters. The molecule has 0 fully saturated rings. The molecular weight excluding hydrogens is 218 g/mol. The van der Waals surface area contributed by atoms with Crippen LogP contribution in [0.25, 0.3) is 0 Å². The van der Waals surface area contributed by atoms with Gasteiger partial charge in [0.1, 0.15) is 0 Å². The Morgan fingerprint density at radius 1 is 1.47 bits per heavy atom. The lowest BCUT2D eigenvalue weighted by molar-refractivity contribution is -0.123. The number of nitrogens with one attached hydrogen (secondary N) is 1. The molecule has 0 spiro atoms. The van der Waals surface area contributed by atoms with Crippen LogP contribution in [0.1, 0.15) is 26.7 Å². The zero-order valence-corrected chi connectivity index (χ0v) is 11.4. The van der Waals surface area contributed by atoms with Gasteiger partial charge < -0.3 is 15.8 Å². The monoisotopic (exact) mass is 245 g/mol. The van der Waals surface area contributed by atoms with Crippen molar-refractivity contribution in [2.75, 3.05) is 39.9 Å². The van der Waals surface area contributed by atoms with Crippen LogP contribution in [0.4, 0.5) is 0 Å². The minimum Gasteiger partial charge on any atom is -0.383 e. The summed E-state index contributed by atoms with van der Waals surface area (Å²) in [6.07, 6.45) is 1.93. The number of hydrogen-bond donors (Lipinski definition) is 2. The van der Waals surface area contributed by atoms with Crippen LogP contribution in [-0.4, -0.2) is 56.7 Å². The highest BCUT2D eigenvalue weighted by Gasteiger charge is 2.18. The quantitative estimate of drug-likeness (QED) is 0.577. The molecule has 0 aromatic carbocycles. The number of carbonyl (C=O) groups is 1. The number of rotatable bonds is 10. The van der Waals surface area contributed by atoms with Gasteiger partial charge in [-0.15, -0.1) is 0 Å².